The van der Waals surface area contributed by atoms with Crippen molar-refractivity contribution >= 4 is 33.8 Å². The molecule has 8 nitrogen and oxygen atoms in total. The number of nitrogens with two attached hydrogens (primary N) is 1. The van der Waals surface area contributed by atoms with E-state index in [1.54, 1.807) is 16.0 Å². The molecule has 1 unspecified atom stereocenters. The molecule has 3 N–H and O–H groups in total. The van der Waals surface area contributed by atoms with Gasteiger partial charge < -0.3 is 10.6 Å². The molecule has 0 saturated heterocycles. The average Bonchev–Trinajstić information content (AvgIpc) is 3.71. The lowest BCUT2D eigenvalue weighted by atomic mass is 9.96. The molecule has 0 bridgehead atoms. The van der Waals surface area contributed by atoms with Gasteiger partial charge in [0.2, 0.25) is 0 Å². The average molecular weight is 548 g/mol. The normalized spacial score (nSPS) is 16.0. The molecule has 0 fully saturated rings. The van der Waals surface area contributed by atoms with Crippen LogP contribution in [-0.4, -0.2) is 38.5 Å². The van der Waals surface area contributed by atoms with Gasteiger partial charge in [-0.2, -0.15) is 0 Å². The first-order valence-corrected chi connectivity index (χ1v) is 14.4. The van der Waals surface area contributed by atoms with Crippen molar-refractivity contribution < 1.29 is 4.79 Å². The maximum Gasteiger partial charge on any atom is 0.257 e. The van der Waals surface area contributed by atoms with Gasteiger partial charge in [0, 0.05) is 46.4 Å². The first-order chi connectivity index (χ1) is 19.6. The molecule has 0 radical (unpaired) electrons. The van der Waals surface area contributed by atoms with Gasteiger partial charge in [0.15, 0.2) is 5.13 Å². The van der Waals surface area contributed by atoms with E-state index in [-0.39, 0.29) is 5.91 Å². The van der Waals surface area contributed by atoms with Crippen molar-refractivity contribution in [3.63, 3.8) is 0 Å². The Labute approximate surface area is 236 Å². The van der Waals surface area contributed by atoms with Crippen molar-refractivity contribution in [3.8, 4) is 11.3 Å². The summed E-state index contributed by atoms with van der Waals surface area (Å²) in [5, 5.41) is 12.3. The van der Waals surface area contributed by atoms with Crippen molar-refractivity contribution in [3.05, 3.63) is 106 Å². The largest absolute Gasteiger partial charge is 0.399 e. The summed E-state index contributed by atoms with van der Waals surface area (Å²) in [6.45, 7) is 1.59. The number of fused-ring (bicyclic) bond motifs is 2. The van der Waals surface area contributed by atoms with Gasteiger partial charge in [-0.05, 0) is 60.7 Å². The van der Waals surface area contributed by atoms with E-state index in [0.717, 1.165) is 54.7 Å². The zero-order valence-corrected chi connectivity index (χ0v) is 22.8. The van der Waals surface area contributed by atoms with Crippen LogP contribution in [0.3, 0.4) is 0 Å². The van der Waals surface area contributed by atoms with Gasteiger partial charge in [-0.15, -0.1) is 16.4 Å². The number of aryl methyl sites for hydroxylation is 1. The lowest BCUT2D eigenvalue weighted by Crippen LogP contribution is -2.37. The summed E-state index contributed by atoms with van der Waals surface area (Å²) in [5.74, 6) is -0.154. The third-order valence-corrected chi connectivity index (χ3v) is 8.81. The number of anilines is 3. The monoisotopic (exact) mass is 547 g/mol. The number of nitrogen functional groups attached to an aromatic ring is 1. The Bertz CT molecular complexity index is 1690. The number of hydrogen-bond acceptors (Lipinski definition) is 7. The SMILES string of the molecule is Nc1ccc(-c2cn(Cc3cccc(C(=O)Nc4nc5c(s4)CC(N4CCc6ccccc64)CC5)c3)nn2)cc1. The maximum atomic E-state index is 13.2. The molecule has 40 heavy (non-hydrogen) atoms. The highest BCUT2D eigenvalue weighted by molar-refractivity contribution is 7.15. The smallest absolute Gasteiger partial charge is 0.257 e. The molecule has 0 spiro atoms. The Kier molecular flexibility index (Phi) is 6.28. The fourth-order valence-electron chi connectivity index (χ4n) is 5.75. The van der Waals surface area contributed by atoms with E-state index in [0.29, 0.717) is 29.0 Å². The number of nitrogens with one attached hydrogen (secondary N) is 1. The number of thiazole rings is 1. The number of amides is 1. The van der Waals surface area contributed by atoms with Gasteiger partial charge >= 0.3 is 0 Å². The Morgan fingerprint density at radius 2 is 1.93 bits per heavy atom. The molecule has 200 valence electrons. The number of aromatic nitrogens is 4. The molecule has 3 heterocycles. The number of carbonyl (C=O) groups excluding carboxylic acids is 1. The van der Waals surface area contributed by atoms with E-state index in [1.807, 2.05) is 54.7 Å². The summed E-state index contributed by atoms with van der Waals surface area (Å²) in [6, 6.07) is 24.4. The number of para-hydroxylation sites is 1. The Balaban J connectivity index is 1.01. The van der Waals surface area contributed by atoms with E-state index < -0.39 is 0 Å². The zero-order chi connectivity index (χ0) is 27.1. The minimum atomic E-state index is -0.154. The van der Waals surface area contributed by atoms with E-state index in [4.69, 9.17) is 10.7 Å². The summed E-state index contributed by atoms with van der Waals surface area (Å²) in [6.07, 6.45) is 6.01. The fourth-order valence-corrected chi connectivity index (χ4v) is 6.82. The Morgan fingerprint density at radius 1 is 1.05 bits per heavy atom. The summed E-state index contributed by atoms with van der Waals surface area (Å²) in [7, 11) is 0. The predicted octanol–water partition coefficient (Wildman–Crippen LogP) is 5.20. The molecular formula is C31H29N7OS. The van der Waals surface area contributed by atoms with Gasteiger partial charge in [-0.1, -0.05) is 47.7 Å². The number of benzene rings is 3. The second-order valence-electron chi connectivity index (χ2n) is 10.4. The van der Waals surface area contributed by atoms with E-state index in [2.05, 4.69) is 44.8 Å². The number of hydrogen-bond donors (Lipinski definition) is 2. The molecule has 1 aliphatic carbocycles. The van der Waals surface area contributed by atoms with Crippen molar-refractivity contribution in [1.29, 1.82) is 0 Å². The molecule has 1 amide bonds. The molecular weight excluding hydrogens is 518 g/mol. The Hall–Kier alpha value is -4.50. The van der Waals surface area contributed by atoms with Crippen LogP contribution in [0, 0.1) is 0 Å². The highest BCUT2D eigenvalue weighted by Gasteiger charge is 2.31. The standard InChI is InChI=1S/C31H29N7OS/c32-24-10-8-21(9-11-24)27-19-37(36-35-27)18-20-4-3-6-23(16-20)30(39)34-31-33-26-13-12-25(17-29(26)40-31)38-15-14-22-5-1-2-7-28(22)38/h1-11,16,19,25H,12-15,17-18,32H2,(H,33,34,39). The summed E-state index contributed by atoms with van der Waals surface area (Å²) in [5.41, 5.74) is 13.7. The van der Waals surface area contributed by atoms with Crippen LogP contribution in [-0.2, 0) is 25.8 Å². The first kappa shape index (κ1) is 24.5. The number of carbonyl (C=O) groups is 1. The molecule has 1 atom stereocenters. The molecule has 7 rings (SSSR count). The quantitative estimate of drug-likeness (QED) is 0.283. The van der Waals surface area contributed by atoms with Crippen molar-refractivity contribution in [2.45, 2.75) is 38.3 Å². The lowest BCUT2D eigenvalue weighted by Gasteiger charge is -2.32. The van der Waals surface area contributed by atoms with Crippen LogP contribution < -0.4 is 16.0 Å². The zero-order valence-electron chi connectivity index (χ0n) is 22.0. The van der Waals surface area contributed by atoms with E-state index in [9.17, 15) is 4.79 Å². The molecule has 2 aliphatic rings. The van der Waals surface area contributed by atoms with Crippen LogP contribution in [0.4, 0.5) is 16.5 Å². The summed E-state index contributed by atoms with van der Waals surface area (Å²) < 4.78 is 1.77. The van der Waals surface area contributed by atoms with Crippen molar-refractivity contribution in [1.82, 2.24) is 20.0 Å². The van der Waals surface area contributed by atoms with Gasteiger partial charge in [0.1, 0.15) is 5.69 Å². The Morgan fingerprint density at radius 3 is 2.83 bits per heavy atom. The van der Waals surface area contributed by atoms with Crippen LogP contribution in [0.1, 0.15) is 38.5 Å². The minimum Gasteiger partial charge on any atom is -0.399 e. The predicted molar refractivity (Wildman–Crippen MR) is 159 cm³/mol. The van der Waals surface area contributed by atoms with E-state index >= 15 is 0 Å². The first-order valence-electron chi connectivity index (χ1n) is 13.6. The number of rotatable bonds is 6. The van der Waals surface area contributed by atoms with Gasteiger partial charge in [-0.25, -0.2) is 9.67 Å². The fraction of sp³-hybridized carbons (Fsp3) is 0.226. The van der Waals surface area contributed by atoms with Gasteiger partial charge in [0.25, 0.3) is 5.91 Å². The molecule has 0 saturated carbocycles. The van der Waals surface area contributed by atoms with Crippen LogP contribution in [0.2, 0.25) is 0 Å². The van der Waals surface area contributed by atoms with Crippen LogP contribution in [0.5, 0.6) is 0 Å². The second kappa shape index (κ2) is 10.2. The van der Waals surface area contributed by atoms with Gasteiger partial charge in [-0.3, -0.25) is 10.1 Å². The summed E-state index contributed by atoms with van der Waals surface area (Å²) >= 11 is 1.61. The van der Waals surface area contributed by atoms with Gasteiger partial charge in [0.05, 0.1) is 18.4 Å². The van der Waals surface area contributed by atoms with E-state index in [1.165, 1.54) is 16.1 Å². The van der Waals surface area contributed by atoms with Crippen LogP contribution in [0.25, 0.3) is 11.3 Å². The highest BCUT2D eigenvalue weighted by Crippen LogP contribution is 2.36. The molecule has 2 aromatic heterocycles. The highest BCUT2D eigenvalue weighted by atomic mass is 32.1. The topological polar surface area (TPSA) is 102 Å². The third-order valence-electron chi connectivity index (χ3n) is 7.78. The maximum absolute atomic E-state index is 13.2. The lowest BCUT2D eigenvalue weighted by molar-refractivity contribution is 0.102. The molecule has 9 heteroatoms. The molecule has 5 aromatic rings. The summed E-state index contributed by atoms with van der Waals surface area (Å²) in [4.78, 5) is 21.8. The van der Waals surface area contributed by atoms with Crippen LogP contribution >= 0.6 is 11.3 Å². The molecule has 3 aromatic carbocycles. The molecule has 1 aliphatic heterocycles. The number of nitrogens with zero attached hydrogens (tertiary/aromatic N) is 5. The van der Waals surface area contributed by atoms with Crippen molar-refractivity contribution in [2.24, 2.45) is 0 Å². The van der Waals surface area contributed by atoms with Crippen molar-refractivity contribution in [2.75, 3.05) is 22.5 Å². The third kappa shape index (κ3) is 4.84. The minimum absolute atomic E-state index is 0.154. The van der Waals surface area contributed by atoms with Crippen LogP contribution in [0.15, 0.2) is 79.0 Å². The second-order valence-corrected chi connectivity index (χ2v) is 11.5.